The quantitative estimate of drug-likeness (QED) is 0.819. The first-order valence-corrected chi connectivity index (χ1v) is 10.2. The minimum absolute atomic E-state index is 0.0762. The van der Waals surface area contributed by atoms with E-state index < -0.39 is 19.9 Å². The molecular formula is C13H20N2O4S2. The first-order valence-electron chi connectivity index (χ1n) is 6.72. The Balaban J connectivity index is 2.16. The second kappa shape index (κ2) is 5.94. The van der Waals surface area contributed by atoms with Crippen LogP contribution in [-0.4, -0.2) is 46.2 Å². The SMILES string of the molecule is CS(=O)(=O)N1CCCC(CS(=O)(=O)c2ccccc2N)C1. The maximum Gasteiger partial charge on any atom is 0.211 e. The summed E-state index contributed by atoms with van der Waals surface area (Å²) in [6.07, 6.45) is 2.54. The summed E-state index contributed by atoms with van der Waals surface area (Å²) >= 11 is 0. The Labute approximate surface area is 125 Å². The molecule has 1 heterocycles. The average molecular weight is 332 g/mol. The lowest BCUT2D eigenvalue weighted by atomic mass is 10.0. The third kappa shape index (κ3) is 3.96. The molecule has 1 atom stereocenters. The third-order valence-electron chi connectivity index (χ3n) is 3.66. The summed E-state index contributed by atoms with van der Waals surface area (Å²) in [5.74, 6) is -0.272. The molecule has 6 nitrogen and oxygen atoms in total. The highest BCUT2D eigenvalue weighted by molar-refractivity contribution is 7.91. The second-order valence-corrected chi connectivity index (χ2v) is 9.43. The van der Waals surface area contributed by atoms with E-state index in [4.69, 9.17) is 5.73 Å². The van der Waals surface area contributed by atoms with Crippen molar-refractivity contribution in [2.45, 2.75) is 17.7 Å². The molecule has 0 saturated carbocycles. The Morgan fingerprint density at radius 1 is 1.24 bits per heavy atom. The molecule has 0 aromatic heterocycles. The fourth-order valence-electron chi connectivity index (χ4n) is 2.63. The molecule has 1 fully saturated rings. The van der Waals surface area contributed by atoms with Crippen LogP contribution in [0.3, 0.4) is 0 Å². The van der Waals surface area contributed by atoms with E-state index in [1.165, 1.54) is 10.4 Å². The van der Waals surface area contributed by atoms with Crippen LogP contribution < -0.4 is 5.73 Å². The van der Waals surface area contributed by atoms with E-state index in [1.54, 1.807) is 18.2 Å². The number of hydrogen-bond acceptors (Lipinski definition) is 5. The molecule has 8 heteroatoms. The van der Waals surface area contributed by atoms with Gasteiger partial charge in [0.25, 0.3) is 0 Å². The number of sulfonamides is 1. The summed E-state index contributed by atoms with van der Waals surface area (Å²) in [4.78, 5) is 0.126. The van der Waals surface area contributed by atoms with Crippen LogP contribution in [-0.2, 0) is 19.9 Å². The number of anilines is 1. The van der Waals surface area contributed by atoms with Crippen LogP contribution in [0, 0.1) is 5.92 Å². The van der Waals surface area contributed by atoms with Crippen molar-refractivity contribution in [2.24, 2.45) is 5.92 Å². The lowest BCUT2D eigenvalue weighted by Crippen LogP contribution is -2.41. The highest BCUT2D eigenvalue weighted by Gasteiger charge is 2.30. The highest BCUT2D eigenvalue weighted by atomic mass is 32.2. The number of rotatable bonds is 4. The Morgan fingerprint density at radius 2 is 1.90 bits per heavy atom. The van der Waals surface area contributed by atoms with Gasteiger partial charge >= 0.3 is 0 Å². The number of benzene rings is 1. The van der Waals surface area contributed by atoms with Gasteiger partial charge in [0.2, 0.25) is 10.0 Å². The molecule has 0 amide bonds. The predicted molar refractivity (Wildman–Crippen MR) is 82.0 cm³/mol. The molecule has 1 aromatic carbocycles. The summed E-state index contributed by atoms with van der Waals surface area (Å²) in [5.41, 5.74) is 5.95. The molecule has 0 bridgehead atoms. The van der Waals surface area contributed by atoms with Gasteiger partial charge in [-0.25, -0.2) is 21.1 Å². The van der Waals surface area contributed by atoms with Gasteiger partial charge in [-0.3, -0.25) is 0 Å². The van der Waals surface area contributed by atoms with Gasteiger partial charge in [-0.2, -0.15) is 0 Å². The normalized spacial score (nSPS) is 21.3. The molecular weight excluding hydrogens is 312 g/mol. The van der Waals surface area contributed by atoms with E-state index in [0.29, 0.717) is 19.4 Å². The van der Waals surface area contributed by atoms with Crippen molar-refractivity contribution in [1.82, 2.24) is 4.31 Å². The van der Waals surface area contributed by atoms with Crippen LogP contribution in [0.4, 0.5) is 5.69 Å². The first-order chi connectivity index (χ1) is 9.70. The molecule has 0 radical (unpaired) electrons. The van der Waals surface area contributed by atoms with Crippen molar-refractivity contribution in [3.05, 3.63) is 24.3 Å². The number of piperidine rings is 1. The monoisotopic (exact) mass is 332 g/mol. The fourth-order valence-corrected chi connectivity index (χ4v) is 5.36. The lowest BCUT2D eigenvalue weighted by molar-refractivity contribution is 0.284. The first kappa shape index (κ1) is 16.3. The molecule has 1 aliphatic rings. The summed E-state index contributed by atoms with van der Waals surface area (Å²) in [6.45, 7) is 0.716. The minimum Gasteiger partial charge on any atom is -0.398 e. The third-order valence-corrected chi connectivity index (χ3v) is 6.88. The smallest absolute Gasteiger partial charge is 0.211 e. The van der Waals surface area contributed by atoms with Crippen LogP contribution in [0.25, 0.3) is 0 Å². The summed E-state index contributed by atoms with van der Waals surface area (Å²) in [5, 5.41) is 0. The maximum atomic E-state index is 12.4. The standard InChI is InChI=1S/C13H20N2O4S2/c1-20(16,17)15-8-4-5-11(9-15)10-21(18,19)13-7-3-2-6-12(13)14/h2-3,6-7,11H,4-5,8-10,14H2,1H3. The van der Waals surface area contributed by atoms with E-state index in [9.17, 15) is 16.8 Å². The summed E-state index contributed by atoms with van der Waals surface area (Å²) < 4.78 is 49.4. The molecule has 2 N–H and O–H groups in total. The van der Waals surface area contributed by atoms with Gasteiger partial charge in [0.1, 0.15) is 0 Å². The van der Waals surface area contributed by atoms with E-state index in [-0.39, 0.29) is 28.8 Å². The molecule has 0 aliphatic carbocycles. The predicted octanol–water partition coefficient (Wildman–Crippen LogP) is 0.714. The van der Waals surface area contributed by atoms with Crippen LogP contribution in [0.5, 0.6) is 0 Å². The Bertz CT molecular complexity index is 713. The van der Waals surface area contributed by atoms with Gasteiger partial charge in [-0.1, -0.05) is 12.1 Å². The number of para-hydroxylation sites is 1. The van der Waals surface area contributed by atoms with Crippen LogP contribution in [0.15, 0.2) is 29.2 Å². The van der Waals surface area contributed by atoms with E-state index in [1.807, 2.05) is 0 Å². The molecule has 118 valence electrons. The highest BCUT2D eigenvalue weighted by Crippen LogP contribution is 2.25. The number of nitrogens with two attached hydrogens (primary N) is 1. The number of sulfone groups is 1. The van der Waals surface area contributed by atoms with Gasteiger partial charge < -0.3 is 5.73 Å². The molecule has 2 rings (SSSR count). The minimum atomic E-state index is -3.51. The van der Waals surface area contributed by atoms with Crippen molar-refractivity contribution >= 4 is 25.5 Å². The van der Waals surface area contributed by atoms with E-state index >= 15 is 0 Å². The largest absolute Gasteiger partial charge is 0.398 e. The molecule has 1 unspecified atom stereocenters. The average Bonchev–Trinajstić information content (AvgIpc) is 2.37. The van der Waals surface area contributed by atoms with Gasteiger partial charge in [0, 0.05) is 13.1 Å². The summed E-state index contributed by atoms with van der Waals surface area (Å²) in [6, 6.07) is 6.35. The van der Waals surface area contributed by atoms with Crippen molar-refractivity contribution in [2.75, 3.05) is 30.8 Å². The van der Waals surface area contributed by atoms with Gasteiger partial charge in [-0.15, -0.1) is 0 Å². The molecule has 1 aliphatic heterocycles. The maximum absolute atomic E-state index is 12.4. The Hall–Kier alpha value is -1.12. The number of nitrogen functional groups attached to an aromatic ring is 1. The van der Waals surface area contributed by atoms with Crippen LogP contribution >= 0.6 is 0 Å². The van der Waals surface area contributed by atoms with Gasteiger partial charge in [0.15, 0.2) is 9.84 Å². The fraction of sp³-hybridized carbons (Fsp3) is 0.538. The van der Waals surface area contributed by atoms with E-state index in [0.717, 1.165) is 6.26 Å². The molecule has 1 saturated heterocycles. The second-order valence-electron chi connectivity index (χ2n) is 5.45. The zero-order valence-corrected chi connectivity index (χ0v) is 13.5. The van der Waals surface area contributed by atoms with Gasteiger partial charge in [-0.05, 0) is 30.9 Å². The Kier molecular flexibility index (Phi) is 4.60. The van der Waals surface area contributed by atoms with Crippen molar-refractivity contribution in [1.29, 1.82) is 0 Å². The Morgan fingerprint density at radius 3 is 2.52 bits per heavy atom. The molecule has 0 spiro atoms. The van der Waals surface area contributed by atoms with E-state index in [2.05, 4.69) is 0 Å². The number of hydrogen-bond donors (Lipinski definition) is 1. The number of nitrogens with zero attached hydrogens (tertiary/aromatic N) is 1. The summed E-state index contributed by atoms with van der Waals surface area (Å²) in [7, 11) is -6.78. The topological polar surface area (TPSA) is 97.5 Å². The zero-order valence-electron chi connectivity index (χ0n) is 11.9. The van der Waals surface area contributed by atoms with Gasteiger partial charge in [0.05, 0.1) is 22.6 Å². The van der Waals surface area contributed by atoms with Crippen LogP contribution in [0.1, 0.15) is 12.8 Å². The van der Waals surface area contributed by atoms with Crippen molar-refractivity contribution < 1.29 is 16.8 Å². The van der Waals surface area contributed by atoms with Crippen molar-refractivity contribution in [3.8, 4) is 0 Å². The van der Waals surface area contributed by atoms with Crippen LogP contribution in [0.2, 0.25) is 0 Å². The molecule has 1 aromatic rings. The lowest BCUT2D eigenvalue weighted by Gasteiger charge is -2.30. The van der Waals surface area contributed by atoms with Crippen molar-refractivity contribution in [3.63, 3.8) is 0 Å². The molecule has 21 heavy (non-hydrogen) atoms. The zero-order chi connectivity index (χ0) is 15.7.